The zero-order valence-electron chi connectivity index (χ0n) is 11.8. The third-order valence-corrected chi connectivity index (χ3v) is 5.08. The minimum absolute atomic E-state index is 0.0739. The first-order chi connectivity index (χ1) is 10.6. The monoisotopic (exact) mass is 408 g/mol. The van der Waals surface area contributed by atoms with E-state index >= 15 is 0 Å². The molecule has 2 rings (SSSR count). The molecule has 0 saturated heterocycles. The Kier molecular flexibility index (Phi) is 5.02. The van der Waals surface area contributed by atoms with Crippen LogP contribution in [0.2, 0.25) is 0 Å². The molecular weight excluding hydrogens is 397 g/mol. The van der Waals surface area contributed by atoms with Crippen LogP contribution in [0.25, 0.3) is 0 Å². The Morgan fingerprint density at radius 2 is 1.65 bits per heavy atom. The highest BCUT2D eigenvalue weighted by Gasteiger charge is 2.29. The number of rotatable bonds is 4. The number of anilines is 2. The zero-order valence-corrected chi connectivity index (χ0v) is 14.2. The molecule has 2 N–H and O–H groups in total. The molecule has 9 heteroatoms. The molecule has 0 aliphatic heterocycles. The van der Waals surface area contributed by atoms with Gasteiger partial charge in [-0.1, -0.05) is 0 Å². The van der Waals surface area contributed by atoms with Gasteiger partial charge in [-0.15, -0.1) is 0 Å². The average molecular weight is 409 g/mol. The van der Waals surface area contributed by atoms with E-state index in [2.05, 4.69) is 26.0 Å². The molecule has 2 aromatic rings. The Balaban J connectivity index is 2.24. The van der Waals surface area contributed by atoms with E-state index in [0.29, 0.717) is 15.8 Å². The lowest BCUT2D eigenvalue weighted by atomic mass is 10.2. The van der Waals surface area contributed by atoms with Crippen LogP contribution in [0.3, 0.4) is 0 Å². The third kappa shape index (κ3) is 4.24. The second kappa shape index (κ2) is 6.50. The van der Waals surface area contributed by atoms with E-state index < -0.39 is 21.8 Å². The van der Waals surface area contributed by atoms with Crippen molar-refractivity contribution in [3.63, 3.8) is 0 Å². The van der Waals surface area contributed by atoms with Gasteiger partial charge in [-0.2, -0.15) is 13.2 Å². The molecule has 0 aliphatic rings. The van der Waals surface area contributed by atoms with E-state index in [9.17, 15) is 21.6 Å². The first kappa shape index (κ1) is 17.8. The van der Waals surface area contributed by atoms with Gasteiger partial charge < -0.3 is 5.32 Å². The highest BCUT2D eigenvalue weighted by atomic mass is 79.9. The smallest absolute Gasteiger partial charge is 0.355 e. The molecule has 0 aromatic heterocycles. The summed E-state index contributed by atoms with van der Waals surface area (Å²) in [5.41, 5.74) is 0.236. The van der Waals surface area contributed by atoms with Crippen molar-refractivity contribution < 1.29 is 21.6 Å². The fourth-order valence-corrected chi connectivity index (χ4v) is 3.17. The Morgan fingerprint density at radius 1 is 1.04 bits per heavy atom. The van der Waals surface area contributed by atoms with Crippen LogP contribution in [-0.4, -0.2) is 15.5 Å². The molecule has 4 nitrogen and oxygen atoms in total. The summed E-state index contributed by atoms with van der Waals surface area (Å²) < 4.78 is 63.6. The largest absolute Gasteiger partial charge is 0.416 e. The van der Waals surface area contributed by atoms with Gasteiger partial charge in [0.15, 0.2) is 0 Å². The van der Waals surface area contributed by atoms with Crippen molar-refractivity contribution in [3.8, 4) is 0 Å². The van der Waals surface area contributed by atoms with Crippen molar-refractivity contribution in [1.29, 1.82) is 0 Å². The highest BCUT2D eigenvalue weighted by Crippen LogP contribution is 2.32. The van der Waals surface area contributed by atoms with E-state index in [0.717, 1.165) is 12.1 Å². The maximum Gasteiger partial charge on any atom is 0.416 e. The van der Waals surface area contributed by atoms with Gasteiger partial charge in [-0.05, 0) is 65.4 Å². The van der Waals surface area contributed by atoms with Crippen LogP contribution < -0.4 is 10.0 Å². The number of hydrogen-bond donors (Lipinski definition) is 2. The van der Waals surface area contributed by atoms with Gasteiger partial charge in [0.2, 0.25) is 10.0 Å². The number of halogens is 4. The second-order valence-electron chi connectivity index (χ2n) is 4.55. The minimum atomic E-state index is -4.39. The Hall–Kier alpha value is -1.58. The molecule has 0 atom stereocenters. The lowest BCUT2D eigenvalue weighted by molar-refractivity contribution is -0.137. The summed E-state index contributed by atoms with van der Waals surface area (Å²) in [5.74, 6) is 0. The molecule has 23 heavy (non-hydrogen) atoms. The summed E-state index contributed by atoms with van der Waals surface area (Å²) in [7, 11) is -2.26. The molecule has 0 aliphatic carbocycles. The van der Waals surface area contributed by atoms with Crippen molar-refractivity contribution >= 4 is 37.3 Å². The minimum Gasteiger partial charge on any atom is -0.355 e. The molecule has 0 bridgehead atoms. The number of nitrogens with one attached hydrogen (secondary N) is 2. The fourth-order valence-electron chi connectivity index (χ4n) is 1.78. The second-order valence-corrected chi connectivity index (χ2v) is 7.29. The SMILES string of the molecule is CNS(=O)(=O)c1ccc(Nc2ccc(C(F)(F)F)cc2)c(Br)c1. The quantitative estimate of drug-likeness (QED) is 0.799. The van der Waals surface area contributed by atoms with E-state index in [1.54, 1.807) is 0 Å². The molecule has 0 amide bonds. The zero-order chi connectivity index (χ0) is 17.3. The van der Waals surface area contributed by atoms with Crippen LogP contribution >= 0.6 is 15.9 Å². The van der Waals surface area contributed by atoms with Gasteiger partial charge in [0.05, 0.1) is 16.1 Å². The van der Waals surface area contributed by atoms with Crippen LogP contribution in [0, 0.1) is 0 Å². The van der Waals surface area contributed by atoms with Gasteiger partial charge in [0.25, 0.3) is 0 Å². The summed E-state index contributed by atoms with van der Waals surface area (Å²) in [6.45, 7) is 0. The predicted octanol–water partition coefficient (Wildman–Crippen LogP) is 4.12. The Labute approximate surface area is 139 Å². The highest BCUT2D eigenvalue weighted by molar-refractivity contribution is 9.10. The Bertz CT molecular complexity index is 806. The Morgan fingerprint density at radius 3 is 2.13 bits per heavy atom. The van der Waals surface area contributed by atoms with Gasteiger partial charge in [-0.25, -0.2) is 13.1 Å². The van der Waals surface area contributed by atoms with Crippen molar-refractivity contribution in [2.75, 3.05) is 12.4 Å². The lowest BCUT2D eigenvalue weighted by Crippen LogP contribution is -2.18. The van der Waals surface area contributed by atoms with E-state index in [-0.39, 0.29) is 4.90 Å². The summed E-state index contributed by atoms with van der Waals surface area (Å²) in [5, 5.41) is 2.92. The lowest BCUT2D eigenvalue weighted by Gasteiger charge is -2.12. The summed E-state index contributed by atoms with van der Waals surface area (Å²) >= 11 is 3.24. The summed E-state index contributed by atoms with van der Waals surface area (Å²) in [6, 6.07) is 8.85. The molecule has 0 saturated carbocycles. The van der Waals surface area contributed by atoms with Gasteiger partial charge >= 0.3 is 6.18 Å². The molecule has 124 valence electrons. The van der Waals surface area contributed by atoms with Crippen molar-refractivity contribution in [1.82, 2.24) is 4.72 Å². The van der Waals surface area contributed by atoms with E-state index in [4.69, 9.17) is 0 Å². The first-order valence-electron chi connectivity index (χ1n) is 6.31. The first-order valence-corrected chi connectivity index (χ1v) is 8.58. The molecule has 2 aromatic carbocycles. The normalized spacial score (nSPS) is 12.2. The summed E-state index contributed by atoms with van der Waals surface area (Å²) in [4.78, 5) is 0.0739. The molecule has 0 fully saturated rings. The van der Waals surface area contributed by atoms with Crippen LogP contribution in [0.1, 0.15) is 5.56 Å². The van der Waals surface area contributed by atoms with Crippen molar-refractivity contribution in [2.24, 2.45) is 0 Å². The van der Waals surface area contributed by atoms with Gasteiger partial charge in [-0.3, -0.25) is 0 Å². The molecular formula is C14H12BrF3N2O2S. The van der Waals surface area contributed by atoms with Gasteiger partial charge in [0.1, 0.15) is 0 Å². The predicted molar refractivity (Wildman–Crippen MR) is 85.1 cm³/mol. The number of sulfonamides is 1. The molecule has 0 radical (unpaired) electrons. The average Bonchev–Trinajstić information content (AvgIpc) is 2.49. The standard InChI is InChI=1S/C14H12BrF3N2O2S/c1-19-23(21,22)11-6-7-13(12(15)8-11)20-10-4-2-9(3-5-10)14(16,17)18/h2-8,19-20H,1H3. The number of hydrogen-bond acceptors (Lipinski definition) is 3. The number of alkyl halides is 3. The van der Waals surface area contributed by atoms with Crippen LogP contribution in [0.5, 0.6) is 0 Å². The maximum absolute atomic E-state index is 12.5. The van der Waals surface area contributed by atoms with Crippen LogP contribution in [0.15, 0.2) is 51.8 Å². The van der Waals surface area contributed by atoms with Crippen molar-refractivity contribution in [2.45, 2.75) is 11.1 Å². The molecule has 0 spiro atoms. The van der Waals surface area contributed by atoms with Crippen molar-refractivity contribution in [3.05, 3.63) is 52.5 Å². The fraction of sp³-hybridized carbons (Fsp3) is 0.143. The topological polar surface area (TPSA) is 58.2 Å². The third-order valence-electron chi connectivity index (χ3n) is 3.01. The maximum atomic E-state index is 12.5. The van der Waals surface area contributed by atoms with Crippen LogP contribution in [0.4, 0.5) is 24.5 Å². The molecule has 0 heterocycles. The molecule has 0 unspecified atom stereocenters. The van der Waals surface area contributed by atoms with E-state index in [1.807, 2.05) is 0 Å². The summed E-state index contributed by atoms with van der Waals surface area (Å²) in [6.07, 6.45) is -4.39. The van der Waals surface area contributed by atoms with E-state index in [1.165, 1.54) is 37.4 Å². The van der Waals surface area contributed by atoms with Gasteiger partial charge in [0, 0.05) is 10.2 Å². The number of benzene rings is 2. The van der Waals surface area contributed by atoms with Crippen LogP contribution in [-0.2, 0) is 16.2 Å².